The first-order chi connectivity index (χ1) is 15.5. The van der Waals surface area contributed by atoms with Crippen LogP contribution < -0.4 is 10.0 Å². The number of likely N-dealkylation sites (N-methyl/N-ethyl adjacent to an activating group) is 1. The van der Waals surface area contributed by atoms with Crippen LogP contribution in [0.1, 0.15) is 40.9 Å². The number of benzene rings is 2. The van der Waals surface area contributed by atoms with Gasteiger partial charge in [-0.15, -0.1) is 0 Å². The average molecular weight is 494 g/mol. The average Bonchev–Trinajstić information content (AvgIpc) is 3.11. The van der Waals surface area contributed by atoms with Crippen molar-refractivity contribution in [2.75, 3.05) is 32.1 Å². The number of hydrogen-bond acceptors (Lipinski definition) is 6. The number of carbonyl (C=O) groups excluding carboxylic acids is 1. The van der Waals surface area contributed by atoms with E-state index < -0.39 is 25.9 Å². The monoisotopic (exact) mass is 493 g/mol. The van der Waals surface area contributed by atoms with Crippen LogP contribution in [0.4, 0.5) is 0 Å². The number of hydrogen-bond donors (Lipinski definition) is 2. The van der Waals surface area contributed by atoms with Crippen LogP contribution in [0.25, 0.3) is 0 Å². The lowest BCUT2D eigenvalue weighted by molar-refractivity contribution is 0.0941. The topological polar surface area (TPSA) is 113 Å². The van der Waals surface area contributed by atoms with Gasteiger partial charge < -0.3 is 10.2 Å². The second-order valence-electron chi connectivity index (χ2n) is 8.53. The highest BCUT2D eigenvalue weighted by molar-refractivity contribution is 7.92. The molecule has 0 spiro atoms. The van der Waals surface area contributed by atoms with Gasteiger partial charge in [0, 0.05) is 18.2 Å². The molecule has 2 aromatic carbocycles. The fourth-order valence-electron chi connectivity index (χ4n) is 3.83. The summed E-state index contributed by atoms with van der Waals surface area (Å²) in [5.74, 6) is -0.512. The largest absolute Gasteiger partial charge is 0.350 e. The highest BCUT2D eigenvalue weighted by Gasteiger charge is 2.31. The van der Waals surface area contributed by atoms with Gasteiger partial charge in [-0.25, -0.2) is 21.6 Å². The molecule has 2 N–H and O–H groups in total. The molecule has 8 nitrogen and oxygen atoms in total. The van der Waals surface area contributed by atoms with E-state index in [0.29, 0.717) is 12.1 Å². The molecule has 0 aromatic heterocycles. The van der Waals surface area contributed by atoms with Gasteiger partial charge in [0.05, 0.1) is 22.4 Å². The molecule has 0 unspecified atom stereocenters. The van der Waals surface area contributed by atoms with Gasteiger partial charge in [-0.3, -0.25) is 4.79 Å². The van der Waals surface area contributed by atoms with E-state index in [1.54, 1.807) is 0 Å². The normalized spacial score (nSPS) is 18.8. The van der Waals surface area contributed by atoms with Gasteiger partial charge in [-0.1, -0.05) is 31.2 Å². The second kappa shape index (κ2) is 10.3. The number of sulfone groups is 1. The first-order valence-electron chi connectivity index (χ1n) is 10.9. The molecular formula is C23H31N3O5S2. The molecule has 10 heteroatoms. The summed E-state index contributed by atoms with van der Waals surface area (Å²) in [6.07, 6.45) is 1.22. The lowest BCUT2D eigenvalue weighted by atomic mass is 10.0. The van der Waals surface area contributed by atoms with Gasteiger partial charge in [0.25, 0.3) is 5.91 Å². The van der Waals surface area contributed by atoms with Crippen LogP contribution in [-0.4, -0.2) is 65.8 Å². The summed E-state index contributed by atoms with van der Waals surface area (Å²) in [7, 11) is -3.16. The molecule has 2 aromatic rings. The third kappa shape index (κ3) is 6.63. The van der Waals surface area contributed by atoms with Gasteiger partial charge in [-0.2, -0.15) is 0 Å². The smallest absolute Gasteiger partial charge is 0.251 e. The fourth-order valence-corrected chi connectivity index (χ4v) is 6.88. The Morgan fingerprint density at radius 2 is 1.73 bits per heavy atom. The summed E-state index contributed by atoms with van der Waals surface area (Å²) in [4.78, 5) is 14.7. The maximum atomic E-state index is 12.7. The molecule has 1 heterocycles. The Hall–Kier alpha value is -2.27. The number of carbonyl (C=O) groups is 1. The van der Waals surface area contributed by atoms with E-state index in [0.717, 1.165) is 12.0 Å². The number of nitrogens with one attached hydrogen (secondary N) is 2. The summed E-state index contributed by atoms with van der Waals surface area (Å²) in [6, 6.07) is 13.3. The number of sulfonamides is 1. The summed E-state index contributed by atoms with van der Waals surface area (Å²) < 4.78 is 50.7. The van der Waals surface area contributed by atoms with E-state index in [4.69, 9.17) is 0 Å². The first kappa shape index (κ1) is 25.4. The van der Waals surface area contributed by atoms with Crippen molar-refractivity contribution in [3.8, 4) is 0 Å². The number of amides is 1. The molecule has 1 fully saturated rings. The molecule has 0 radical (unpaired) electrons. The van der Waals surface area contributed by atoms with Crippen molar-refractivity contribution >= 4 is 25.8 Å². The standard InChI is InChI=1S/C23H31N3O5S2/c1-4-17-5-7-18(8-6-17)22(26(2)3)15-24-23(27)19-9-11-21(12-10-19)33(30,31)25-20-13-14-32(28,29)16-20/h5-12,20,22,25H,4,13-16H2,1-3H3,(H,24,27)/t20-,22-/m0/s1. The third-order valence-electron chi connectivity index (χ3n) is 5.83. The zero-order chi connectivity index (χ0) is 24.2. The molecular weight excluding hydrogens is 462 g/mol. The molecule has 1 saturated heterocycles. The van der Waals surface area contributed by atoms with Crippen molar-refractivity contribution in [2.24, 2.45) is 0 Å². The molecule has 0 saturated carbocycles. The van der Waals surface area contributed by atoms with Crippen molar-refractivity contribution in [3.05, 3.63) is 65.2 Å². The van der Waals surface area contributed by atoms with E-state index in [2.05, 4.69) is 41.2 Å². The Labute approximate surface area is 196 Å². The lowest BCUT2D eigenvalue weighted by Crippen LogP contribution is -2.36. The molecule has 1 amide bonds. The predicted molar refractivity (Wildman–Crippen MR) is 128 cm³/mol. The van der Waals surface area contributed by atoms with Crippen molar-refractivity contribution in [1.82, 2.24) is 14.9 Å². The third-order valence-corrected chi connectivity index (χ3v) is 9.14. The second-order valence-corrected chi connectivity index (χ2v) is 12.5. The SMILES string of the molecule is CCc1ccc([C@H](CNC(=O)c2ccc(S(=O)(=O)N[C@H]3CCS(=O)(=O)C3)cc2)N(C)C)cc1. The Kier molecular flexibility index (Phi) is 7.94. The molecule has 33 heavy (non-hydrogen) atoms. The molecule has 0 bridgehead atoms. The van der Waals surface area contributed by atoms with Crippen LogP contribution in [0.2, 0.25) is 0 Å². The van der Waals surface area contributed by atoms with E-state index in [1.165, 1.54) is 29.8 Å². The van der Waals surface area contributed by atoms with E-state index in [9.17, 15) is 21.6 Å². The number of nitrogens with zero attached hydrogens (tertiary/aromatic N) is 1. The summed E-state index contributed by atoms with van der Waals surface area (Å²) in [6.45, 7) is 2.50. The quantitative estimate of drug-likeness (QED) is 0.550. The maximum absolute atomic E-state index is 12.7. The molecule has 3 rings (SSSR count). The summed E-state index contributed by atoms with van der Waals surface area (Å²) in [5.41, 5.74) is 2.69. The van der Waals surface area contributed by atoms with Crippen LogP contribution >= 0.6 is 0 Å². The van der Waals surface area contributed by atoms with Crippen LogP contribution in [0.3, 0.4) is 0 Å². The molecule has 2 atom stereocenters. The Morgan fingerprint density at radius 3 is 2.24 bits per heavy atom. The fraction of sp³-hybridized carbons (Fsp3) is 0.435. The number of rotatable bonds is 9. The summed E-state index contributed by atoms with van der Waals surface area (Å²) >= 11 is 0. The zero-order valence-corrected chi connectivity index (χ0v) is 20.7. The van der Waals surface area contributed by atoms with E-state index in [1.807, 2.05) is 19.0 Å². The van der Waals surface area contributed by atoms with E-state index >= 15 is 0 Å². The minimum absolute atomic E-state index is 0.00797. The first-order valence-corrected chi connectivity index (χ1v) is 14.2. The lowest BCUT2D eigenvalue weighted by Gasteiger charge is -2.25. The molecule has 180 valence electrons. The van der Waals surface area contributed by atoms with Crippen LogP contribution in [0.15, 0.2) is 53.4 Å². The zero-order valence-electron chi connectivity index (χ0n) is 19.1. The van der Waals surface area contributed by atoms with E-state index in [-0.39, 0.29) is 34.8 Å². The molecule has 0 aliphatic carbocycles. The van der Waals surface area contributed by atoms with Crippen molar-refractivity contribution < 1.29 is 21.6 Å². The molecule has 1 aliphatic rings. The van der Waals surface area contributed by atoms with Gasteiger partial charge in [0.2, 0.25) is 10.0 Å². The Balaban J connectivity index is 1.63. The minimum Gasteiger partial charge on any atom is -0.350 e. The Morgan fingerprint density at radius 1 is 1.09 bits per heavy atom. The Bertz CT molecular complexity index is 1180. The minimum atomic E-state index is -3.87. The van der Waals surface area contributed by atoms with Gasteiger partial charge in [-0.05, 0) is 62.3 Å². The van der Waals surface area contributed by atoms with Crippen LogP contribution in [0.5, 0.6) is 0 Å². The van der Waals surface area contributed by atoms with Crippen LogP contribution in [0, 0.1) is 0 Å². The van der Waals surface area contributed by atoms with Crippen molar-refractivity contribution in [3.63, 3.8) is 0 Å². The highest BCUT2D eigenvalue weighted by Crippen LogP contribution is 2.19. The number of aryl methyl sites for hydroxylation is 1. The predicted octanol–water partition coefficient (Wildman–Crippen LogP) is 1.75. The van der Waals surface area contributed by atoms with Gasteiger partial charge in [0.1, 0.15) is 0 Å². The van der Waals surface area contributed by atoms with Gasteiger partial charge in [0.15, 0.2) is 9.84 Å². The van der Waals surface area contributed by atoms with Crippen molar-refractivity contribution in [2.45, 2.75) is 36.7 Å². The van der Waals surface area contributed by atoms with Crippen LogP contribution in [-0.2, 0) is 26.3 Å². The van der Waals surface area contributed by atoms with Gasteiger partial charge >= 0.3 is 0 Å². The highest BCUT2D eigenvalue weighted by atomic mass is 32.2. The summed E-state index contributed by atoms with van der Waals surface area (Å²) in [5, 5.41) is 2.92. The van der Waals surface area contributed by atoms with Crippen molar-refractivity contribution in [1.29, 1.82) is 0 Å². The molecule has 1 aliphatic heterocycles. The maximum Gasteiger partial charge on any atom is 0.251 e.